The standard InChI is InChI=1S/C22H30N6O3S.ClH/c1-18(23)26-9-6-20(7-10-26)15-27-12-13-28(16-22(27)29)32(30,31)21-4-2-19(3-5-21)14-25-11-8-24-17-25;/h2-5,8,11,17,20,23H,6-7,9-10,12-16H2,1H3;1H. The fraction of sp³-hybridized carbons (Fsp3) is 0.500. The third-order valence-corrected chi connectivity index (χ3v) is 8.20. The number of piperazine rings is 1. The molecule has 0 spiro atoms. The normalized spacial score (nSPS) is 18.3. The van der Waals surface area contributed by atoms with Crippen LogP contribution in [0.3, 0.4) is 0 Å². The van der Waals surface area contributed by atoms with Crippen LogP contribution in [0.2, 0.25) is 0 Å². The van der Waals surface area contributed by atoms with Crippen LogP contribution < -0.4 is 0 Å². The van der Waals surface area contributed by atoms with Gasteiger partial charge in [-0.1, -0.05) is 12.1 Å². The number of hydrogen-bond donors (Lipinski definition) is 1. The first kappa shape index (κ1) is 25.2. The molecule has 2 aliphatic heterocycles. The van der Waals surface area contributed by atoms with E-state index in [0.29, 0.717) is 37.9 Å². The second-order valence-electron chi connectivity index (χ2n) is 8.57. The Kier molecular flexibility index (Phi) is 8.14. The second kappa shape index (κ2) is 10.7. The van der Waals surface area contributed by atoms with E-state index < -0.39 is 10.0 Å². The quantitative estimate of drug-likeness (QED) is 0.488. The van der Waals surface area contributed by atoms with Crippen molar-refractivity contribution in [2.24, 2.45) is 5.92 Å². The van der Waals surface area contributed by atoms with Gasteiger partial charge in [-0.2, -0.15) is 4.31 Å². The number of likely N-dealkylation sites (tertiary alicyclic amines) is 1. The van der Waals surface area contributed by atoms with Gasteiger partial charge in [0, 0.05) is 51.7 Å². The SMILES string of the molecule is CC(=N)N1CCC(CN2CCN(S(=O)(=O)c3ccc(Cn4ccnc4)cc3)CC2=O)CC1.Cl. The number of amides is 1. The highest BCUT2D eigenvalue weighted by Gasteiger charge is 2.34. The number of imidazole rings is 1. The number of rotatable bonds is 6. The van der Waals surface area contributed by atoms with E-state index in [2.05, 4.69) is 9.88 Å². The number of halogens is 1. The van der Waals surface area contributed by atoms with E-state index in [1.807, 2.05) is 10.8 Å². The first-order valence-corrected chi connectivity index (χ1v) is 12.4. The summed E-state index contributed by atoms with van der Waals surface area (Å²) in [6.45, 7) is 5.40. The summed E-state index contributed by atoms with van der Waals surface area (Å²) in [6.07, 6.45) is 7.18. The van der Waals surface area contributed by atoms with E-state index in [0.717, 1.165) is 31.5 Å². The third kappa shape index (κ3) is 5.93. The van der Waals surface area contributed by atoms with Gasteiger partial charge in [0.25, 0.3) is 0 Å². The number of hydrogen-bond acceptors (Lipinski definition) is 5. The van der Waals surface area contributed by atoms with Gasteiger partial charge in [0.2, 0.25) is 15.9 Å². The van der Waals surface area contributed by atoms with E-state index in [-0.39, 0.29) is 29.8 Å². The lowest BCUT2D eigenvalue weighted by molar-refractivity contribution is -0.134. The molecule has 0 unspecified atom stereocenters. The molecular formula is C22H31ClN6O3S. The predicted molar refractivity (Wildman–Crippen MR) is 128 cm³/mol. The molecule has 4 rings (SSSR count). The highest BCUT2D eigenvalue weighted by molar-refractivity contribution is 7.89. The predicted octanol–water partition coefficient (Wildman–Crippen LogP) is 1.90. The lowest BCUT2D eigenvalue weighted by atomic mass is 9.96. The summed E-state index contributed by atoms with van der Waals surface area (Å²) in [5.41, 5.74) is 0.979. The minimum atomic E-state index is -3.71. The van der Waals surface area contributed by atoms with Crippen molar-refractivity contribution in [3.05, 3.63) is 48.5 Å². The highest BCUT2D eigenvalue weighted by atomic mass is 35.5. The fourth-order valence-corrected chi connectivity index (χ4v) is 5.74. The topological polar surface area (TPSA) is 103 Å². The molecule has 1 amide bonds. The van der Waals surface area contributed by atoms with Crippen molar-refractivity contribution in [2.75, 3.05) is 39.3 Å². The van der Waals surface area contributed by atoms with Crippen molar-refractivity contribution in [3.63, 3.8) is 0 Å². The first-order valence-electron chi connectivity index (χ1n) is 11.0. The van der Waals surface area contributed by atoms with Crippen molar-refractivity contribution in [1.82, 2.24) is 23.7 Å². The van der Waals surface area contributed by atoms with Crippen LogP contribution >= 0.6 is 12.4 Å². The Morgan fingerprint density at radius 2 is 1.82 bits per heavy atom. The van der Waals surface area contributed by atoms with Crippen LogP contribution in [-0.2, 0) is 21.4 Å². The number of nitrogens with one attached hydrogen (secondary N) is 1. The third-order valence-electron chi connectivity index (χ3n) is 6.34. The van der Waals surface area contributed by atoms with Crippen LogP contribution in [0.15, 0.2) is 47.9 Å². The van der Waals surface area contributed by atoms with Crippen molar-refractivity contribution in [3.8, 4) is 0 Å². The van der Waals surface area contributed by atoms with Gasteiger partial charge in [0.1, 0.15) is 0 Å². The van der Waals surface area contributed by atoms with Crippen LogP contribution in [0.1, 0.15) is 25.3 Å². The number of carbonyl (C=O) groups is 1. The van der Waals surface area contributed by atoms with Crippen molar-refractivity contribution in [2.45, 2.75) is 31.2 Å². The monoisotopic (exact) mass is 494 g/mol. The van der Waals surface area contributed by atoms with E-state index in [1.54, 1.807) is 48.6 Å². The molecule has 1 aromatic heterocycles. The summed E-state index contributed by atoms with van der Waals surface area (Å²) in [4.78, 5) is 20.8. The Balaban J connectivity index is 0.00000306. The largest absolute Gasteiger partial charge is 0.361 e. The van der Waals surface area contributed by atoms with Gasteiger partial charge in [-0.05, 0) is 43.4 Å². The van der Waals surface area contributed by atoms with E-state index >= 15 is 0 Å². The summed E-state index contributed by atoms with van der Waals surface area (Å²) in [7, 11) is -3.71. The summed E-state index contributed by atoms with van der Waals surface area (Å²) in [5.74, 6) is 0.857. The van der Waals surface area contributed by atoms with E-state index in [9.17, 15) is 13.2 Å². The van der Waals surface area contributed by atoms with Crippen LogP contribution in [0.25, 0.3) is 0 Å². The maximum Gasteiger partial charge on any atom is 0.243 e. The van der Waals surface area contributed by atoms with Crippen LogP contribution in [0, 0.1) is 11.3 Å². The first-order chi connectivity index (χ1) is 15.3. The van der Waals surface area contributed by atoms with Crippen LogP contribution in [0.4, 0.5) is 0 Å². The zero-order chi connectivity index (χ0) is 22.7. The van der Waals surface area contributed by atoms with Gasteiger partial charge >= 0.3 is 0 Å². The van der Waals surface area contributed by atoms with Gasteiger partial charge in [0.05, 0.1) is 23.6 Å². The number of nitrogens with zero attached hydrogens (tertiary/aromatic N) is 5. The zero-order valence-electron chi connectivity index (χ0n) is 18.8. The lowest BCUT2D eigenvalue weighted by Crippen LogP contribution is -2.53. The zero-order valence-corrected chi connectivity index (χ0v) is 20.4. The van der Waals surface area contributed by atoms with Crippen LogP contribution in [0.5, 0.6) is 0 Å². The summed E-state index contributed by atoms with van der Waals surface area (Å²) in [5, 5.41) is 7.74. The van der Waals surface area contributed by atoms with Crippen molar-refractivity contribution >= 4 is 34.2 Å². The van der Waals surface area contributed by atoms with Gasteiger partial charge < -0.3 is 14.4 Å². The molecular weight excluding hydrogens is 464 g/mol. The molecule has 0 atom stereocenters. The molecule has 0 bridgehead atoms. The molecule has 180 valence electrons. The summed E-state index contributed by atoms with van der Waals surface area (Å²) >= 11 is 0. The Morgan fingerprint density at radius 1 is 1.12 bits per heavy atom. The number of carbonyl (C=O) groups excluding carboxylic acids is 1. The number of sulfonamides is 1. The molecule has 0 saturated carbocycles. The smallest absolute Gasteiger partial charge is 0.243 e. The van der Waals surface area contributed by atoms with E-state index in [4.69, 9.17) is 5.41 Å². The molecule has 3 heterocycles. The molecule has 1 aromatic carbocycles. The minimum Gasteiger partial charge on any atom is -0.361 e. The molecule has 0 radical (unpaired) electrons. The van der Waals surface area contributed by atoms with E-state index in [1.165, 1.54) is 4.31 Å². The van der Waals surface area contributed by atoms with Crippen molar-refractivity contribution in [1.29, 1.82) is 5.41 Å². The Labute approximate surface area is 201 Å². The molecule has 11 heteroatoms. The minimum absolute atomic E-state index is 0. The summed E-state index contributed by atoms with van der Waals surface area (Å²) < 4.78 is 29.3. The van der Waals surface area contributed by atoms with Crippen molar-refractivity contribution < 1.29 is 13.2 Å². The number of piperidine rings is 1. The van der Waals surface area contributed by atoms with Gasteiger partial charge in [-0.25, -0.2) is 13.4 Å². The number of amidine groups is 1. The number of aromatic nitrogens is 2. The maximum absolute atomic E-state index is 13.1. The van der Waals surface area contributed by atoms with Gasteiger partial charge in [-0.3, -0.25) is 10.2 Å². The fourth-order valence-electron chi connectivity index (χ4n) is 4.35. The average molecular weight is 495 g/mol. The maximum atomic E-state index is 13.1. The molecule has 2 fully saturated rings. The van der Waals surface area contributed by atoms with Gasteiger partial charge in [0.15, 0.2) is 0 Å². The number of benzene rings is 1. The molecule has 33 heavy (non-hydrogen) atoms. The Morgan fingerprint density at radius 3 is 2.39 bits per heavy atom. The van der Waals surface area contributed by atoms with Crippen LogP contribution in [-0.4, -0.2) is 83.1 Å². The average Bonchev–Trinajstić information content (AvgIpc) is 3.29. The summed E-state index contributed by atoms with van der Waals surface area (Å²) in [6, 6.07) is 6.82. The lowest BCUT2D eigenvalue weighted by Gasteiger charge is -2.38. The molecule has 1 N–H and O–H groups in total. The molecule has 0 aliphatic carbocycles. The molecule has 9 nitrogen and oxygen atoms in total. The Bertz CT molecular complexity index is 1050. The highest BCUT2D eigenvalue weighted by Crippen LogP contribution is 2.22. The Hall–Kier alpha value is -2.43. The molecule has 2 aliphatic rings. The van der Waals surface area contributed by atoms with Gasteiger partial charge in [-0.15, -0.1) is 12.4 Å². The molecule has 2 saturated heterocycles. The molecule has 2 aromatic rings. The second-order valence-corrected chi connectivity index (χ2v) is 10.5.